The first kappa shape index (κ1) is 20.6. The summed E-state index contributed by atoms with van der Waals surface area (Å²) in [7, 11) is 0. The zero-order valence-electron chi connectivity index (χ0n) is 16.4. The third kappa shape index (κ3) is 4.66. The highest BCUT2D eigenvalue weighted by molar-refractivity contribution is 8.18. The molecule has 0 atom stereocenters. The molecule has 0 bridgehead atoms. The maximum absolute atomic E-state index is 12.7. The molecule has 6 heteroatoms. The van der Waals surface area contributed by atoms with Gasteiger partial charge in [0.15, 0.2) is 0 Å². The van der Waals surface area contributed by atoms with Crippen molar-refractivity contribution in [1.29, 1.82) is 0 Å². The first-order chi connectivity index (χ1) is 13.9. The van der Waals surface area contributed by atoms with E-state index in [1.165, 1.54) is 0 Å². The van der Waals surface area contributed by atoms with E-state index >= 15 is 0 Å². The van der Waals surface area contributed by atoms with E-state index in [1.807, 2.05) is 50.2 Å². The van der Waals surface area contributed by atoms with Crippen LogP contribution in [0.1, 0.15) is 34.0 Å². The van der Waals surface area contributed by atoms with Gasteiger partial charge in [-0.3, -0.25) is 4.79 Å². The highest BCUT2D eigenvalue weighted by Crippen LogP contribution is 2.39. The summed E-state index contributed by atoms with van der Waals surface area (Å²) in [6.07, 6.45) is 1.75. The summed E-state index contributed by atoms with van der Waals surface area (Å²) in [5, 5.41) is 10.8. The molecule has 1 aliphatic heterocycles. The highest BCUT2D eigenvalue weighted by atomic mass is 32.2. The normalized spacial score (nSPS) is 16.5. The lowest BCUT2D eigenvalue weighted by molar-refractivity contribution is -0.138. The number of amides is 1. The predicted molar refractivity (Wildman–Crippen MR) is 116 cm³/mol. The monoisotopic (exact) mass is 407 g/mol. The number of aliphatic hydroxyl groups is 1. The van der Waals surface area contributed by atoms with Crippen LogP contribution in [0.15, 0.2) is 69.8 Å². The Hall–Kier alpha value is -3.12. The van der Waals surface area contributed by atoms with Gasteiger partial charge in [0.2, 0.25) is 0 Å². The molecule has 1 aliphatic rings. The van der Waals surface area contributed by atoms with Crippen LogP contribution in [0.3, 0.4) is 0 Å². The van der Waals surface area contributed by atoms with Crippen molar-refractivity contribution in [3.8, 4) is 0 Å². The van der Waals surface area contributed by atoms with Crippen LogP contribution in [-0.2, 0) is 9.53 Å². The van der Waals surface area contributed by atoms with Crippen molar-refractivity contribution in [3.63, 3.8) is 0 Å². The zero-order chi connectivity index (χ0) is 21.0. The molecule has 0 fully saturated rings. The number of carbonyl (C=O) groups is 2. The first-order valence-corrected chi connectivity index (χ1v) is 9.98. The lowest BCUT2D eigenvalue weighted by Gasteiger charge is -2.04. The minimum absolute atomic E-state index is 0.0860. The number of hydrogen-bond acceptors (Lipinski definition) is 5. The van der Waals surface area contributed by atoms with Crippen molar-refractivity contribution in [2.45, 2.75) is 20.8 Å². The fraction of sp³-hybridized carbons (Fsp3) is 0.174. The number of aliphatic imine (C=N–C) groups is 1. The number of aliphatic hydroxyl groups excluding tert-OH is 1. The Morgan fingerprint density at radius 3 is 2.45 bits per heavy atom. The summed E-state index contributed by atoms with van der Waals surface area (Å²) >= 11 is 1.07. The minimum Gasteiger partial charge on any atom is -0.506 e. The molecule has 2 aromatic carbocycles. The van der Waals surface area contributed by atoms with E-state index in [4.69, 9.17) is 4.74 Å². The average molecular weight is 407 g/mol. The van der Waals surface area contributed by atoms with Crippen molar-refractivity contribution in [1.82, 2.24) is 0 Å². The number of benzene rings is 2. The van der Waals surface area contributed by atoms with E-state index in [0.717, 1.165) is 28.5 Å². The van der Waals surface area contributed by atoms with E-state index < -0.39 is 11.9 Å². The quantitative estimate of drug-likeness (QED) is 0.722. The molecular weight excluding hydrogens is 386 g/mol. The summed E-state index contributed by atoms with van der Waals surface area (Å²) < 4.78 is 5.06. The van der Waals surface area contributed by atoms with Gasteiger partial charge in [-0.2, -0.15) is 0 Å². The van der Waals surface area contributed by atoms with Crippen molar-refractivity contribution >= 4 is 34.8 Å². The van der Waals surface area contributed by atoms with Crippen LogP contribution >= 0.6 is 11.8 Å². The standard InChI is InChI=1S/C23H21NO4S/c1-4-28-23(27)19-20(25)18(13-16-11-9-14(2)10-12-16)29-22(19)24-21(26)17-8-6-5-7-15(17)3/h5-13,25H,4H2,1-3H3/b18-13-,24-22?. The average Bonchev–Trinajstić information content (AvgIpc) is 2.99. The number of nitrogens with zero attached hydrogens (tertiary/aromatic N) is 1. The van der Waals surface area contributed by atoms with Gasteiger partial charge in [0.05, 0.1) is 11.5 Å². The van der Waals surface area contributed by atoms with Gasteiger partial charge in [0.25, 0.3) is 5.91 Å². The Balaban J connectivity index is 2.02. The molecule has 1 amide bonds. The molecule has 1 N–H and O–H groups in total. The van der Waals surface area contributed by atoms with Crippen molar-refractivity contribution in [2.24, 2.45) is 4.99 Å². The first-order valence-electron chi connectivity index (χ1n) is 9.16. The van der Waals surface area contributed by atoms with E-state index in [1.54, 1.807) is 25.1 Å². The molecule has 0 aromatic heterocycles. The van der Waals surface area contributed by atoms with E-state index in [-0.39, 0.29) is 23.0 Å². The van der Waals surface area contributed by atoms with Gasteiger partial charge in [-0.1, -0.05) is 59.8 Å². The van der Waals surface area contributed by atoms with Crippen LogP contribution in [0.2, 0.25) is 0 Å². The van der Waals surface area contributed by atoms with E-state index in [9.17, 15) is 14.7 Å². The fourth-order valence-corrected chi connectivity index (χ4v) is 3.78. The molecule has 0 saturated carbocycles. The smallest absolute Gasteiger partial charge is 0.344 e. The second-order valence-corrected chi connectivity index (χ2v) is 7.53. The molecule has 0 aliphatic carbocycles. The van der Waals surface area contributed by atoms with E-state index in [0.29, 0.717) is 10.5 Å². The molecule has 0 spiro atoms. The predicted octanol–water partition coefficient (Wildman–Crippen LogP) is 5.01. The second-order valence-electron chi connectivity index (χ2n) is 6.50. The third-order valence-electron chi connectivity index (χ3n) is 4.32. The van der Waals surface area contributed by atoms with Crippen molar-refractivity contribution < 1.29 is 19.4 Å². The molecule has 1 heterocycles. The zero-order valence-corrected chi connectivity index (χ0v) is 17.2. The van der Waals surface area contributed by atoms with Crippen LogP contribution in [0.4, 0.5) is 0 Å². The summed E-state index contributed by atoms with van der Waals surface area (Å²) in [5.41, 5.74) is 3.12. The SMILES string of the molecule is CCOC(=O)C1=C(O)/C(=C/c2ccc(C)cc2)SC1=NC(=O)c1ccccc1C. The number of hydrogen-bond donors (Lipinski definition) is 1. The van der Waals surface area contributed by atoms with Gasteiger partial charge in [-0.05, 0) is 44.0 Å². The largest absolute Gasteiger partial charge is 0.506 e. The summed E-state index contributed by atoms with van der Waals surface area (Å²) in [4.78, 5) is 29.7. The molecule has 29 heavy (non-hydrogen) atoms. The van der Waals surface area contributed by atoms with Crippen LogP contribution in [0.5, 0.6) is 0 Å². The van der Waals surface area contributed by atoms with Crippen LogP contribution in [0.25, 0.3) is 6.08 Å². The number of aryl methyl sites for hydroxylation is 2. The second kappa shape index (κ2) is 8.92. The van der Waals surface area contributed by atoms with Crippen LogP contribution in [-0.4, -0.2) is 28.6 Å². The van der Waals surface area contributed by atoms with Gasteiger partial charge in [-0.25, -0.2) is 9.79 Å². The Morgan fingerprint density at radius 2 is 1.79 bits per heavy atom. The fourth-order valence-electron chi connectivity index (χ4n) is 2.77. The topological polar surface area (TPSA) is 76.0 Å². The molecular formula is C23H21NO4S. The van der Waals surface area contributed by atoms with E-state index in [2.05, 4.69) is 4.99 Å². The van der Waals surface area contributed by atoms with Gasteiger partial charge < -0.3 is 9.84 Å². The van der Waals surface area contributed by atoms with Gasteiger partial charge in [0, 0.05) is 5.56 Å². The molecule has 148 valence electrons. The molecule has 5 nitrogen and oxygen atoms in total. The molecule has 0 saturated heterocycles. The Kier molecular flexibility index (Phi) is 6.34. The lowest BCUT2D eigenvalue weighted by atomic mass is 10.1. The van der Waals surface area contributed by atoms with Crippen LogP contribution < -0.4 is 0 Å². The van der Waals surface area contributed by atoms with Crippen molar-refractivity contribution in [3.05, 3.63) is 87.0 Å². The van der Waals surface area contributed by atoms with Gasteiger partial charge in [0.1, 0.15) is 16.4 Å². The highest BCUT2D eigenvalue weighted by Gasteiger charge is 2.34. The number of rotatable bonds is 4. The Morgan fingerprint density at radius 1 is 1.10 bits per heavy atom. The summed E-state index contributed by atoms with van der Waals surface area (Å²) in [6, 6.07) is 14.8. The minimum atomic E-state index is -0.707. The summed E-state index contributed by atoms with van der Waals surface area (Å²) in [5.74, 6) is -1.41. The summed E-state index contributed by atoms with van der Waals surface area (Å²) in [6.45, 7) is 5.63. The molecule has 0 radical (unpaired) electrons. The molecule has 0 unspecified atom stereocenters. The number of carbonyl (C=O) groups excluding carboxylic acids is 2. The maximum Gasteiger partial charge on any atom is 0.344 e. The number of ether oxygens (including phenoxy) is 1. The lowest BCUT2D eigenvalue weighted by Crippen LogP contribution is -2.14. The van der Waals surface area contributed by atoms with Crippen molar-refractivity contribution in [2.75, 3.05) is 6.61 Å². The Labute approximate surface area is 173 Å². The van der Waals surface area contributed by atoms with Gasteiger partial charge >= 0.3 is 5.97 Å². The Bertz CT molecular complexity index is 1050. The van der Waals surface area contributed by atoms with Crippen LogP contribution in [0, 0.1) is 13.8 Å². The number of thioether (sulfide) groups is 1. The molecule has 2 aromatic rings. The number of esters is 1. The maximum atomic E-state index is 12.7. The molecule has 3 rings (SSSR count). The third-order valence-corrected chi connectivity index (χ3v) is 5.34. The van der Waals surface area contributed by atoms with Gasteiger partial charge in [-0.15, -0.1) is 0 Å².